The summed E-state index contributed by atoms with van der Waals surface area (Å²) in [4.78, 5) is 1.19. The molecule has 0 radical (unpaired) electrons. The van der Waals surface area contributed by atoms with Crippen LogP contribution in [0.5, 0.6) is 0 Å². The lowest BCUT2D eigenvalue weighted by molar-refractivity contribution is 0.467. The smallest absolute Gasteiger partial charge is 0.243 e. The van der Waals surface area contributed by atoms with Crippen LogP contribution in [0.4, 0.5) is 0 Å². The molecule has 0 amide bonds. The number of nitrogens with two attached hydrogens (primary N) is 1. The van der Waals surface area contributed by atoms with Gasteiger partial charge in [0.05, 0.1) is 16.3 Å². The Morgan fingerprint density at radius 3 is 2.67 bits per heavy atom. The van der Waals surface area contributed by atoms with Crippen LogP contribution >= 0.6 is 11.3 Å². The molecule has 1 aromatic heterocycles. The second kappa shape index (κ2) is 6.87. The van der Waals surface area contributed by atoms with Gasteiger partial charge in [0, 0.05) is 13.6 Å². The van der Waals surface area contributed by atoms with Gasteiger partial charge in [-0.1, -0.05) is 30.0 Å². The van der Waals surface area contributed by atoms with E-state index in [-0.39, 0.29) is 0 Å². The molecule has 0 saturated heterocycles. The van der Waals surface area contributed by atoms with Crippen molar-refractivity contribution in [1.29, 1.82) is 0 Å². The van der Waals surface area contributed by atoms with Gasteiger partial charge >= 0.3 is 0 Å². The Labute approximate surface area is 129 Å². The highest BCUT2D eigenvalue weighted by Crippen LogP contribution is 2.19. The average molecular weight is 320 g/mol. The fourth-order valence-electron chi connectivity index (χ4n) is 1.78. The summed E-state index contributed by atoms with van der Waals surface area (Å²) < 4.78 is 26.1. The minimum atomic E-state index is -3.46. The van der Waals surface area contributed by atoms with Crippen molar-refractivity contribution in [3.05, 3.63) is 52.2 Å². The van der Waals surface area contributed by atoms with Gasteiger partial charge in [-0.25, -0.2) is 8.42 Å². The number of rotatable bonds is 4. The molecule has 110 valence electrons. The molecule has 2 N–H and O–H groups in total. The third kappa shape index (κ3) is 3.93. The fourth-order valence-corrected chi connectivity index (χ4v) is 3.73. The van der Waals surface area contributed by atoms with E-state index in [1.165, 1.54) is 15.6 Å². The lowest BCUT2D eigenvalue weighted by Crippen LogP contribution is -2.26. The van der Waals surface area contributed by atoms with Crippen LogP contribution in [-0.4, -0.2) is 26.3 Å². The van der Waals surface area contributed by atoms with Crippen LogP contribution in [0.25, 0.3) is 0 Å². The van der Waals surface area contributed by atoms with Crippen molar-refractivity contribution in [2.75, 3.05) is 13.6 Å². The molecular weight excluding hydrogens is 304 g/mol. The number of thiophene rings is 1. The molecule has 0 unspecified atom stereocenters. The van der Waals surface area contributed by atoms with E-state index in [2.05, 4.69) is 11.8 Å². The molecule has 0 atom stereocenters. The number of sulfonamides is 1. The van der Waals surface area contributed by atoms with Crippen molar-refractivity contribution in [3.63, 3.8) is 0 Å². The molecule has 6 heteroatoms. The first-order valence-electron chi connectivity index (χ1n) is 6.32. The first-order valence-corrected chi connectivity index (χ1v) is 8.64. The zero-order valence-electron chi connectivity index (χ0n) is 11.6. The largest absolute Gasteiger partial charge is 0.320 e. The zero-order valence-corrected chi connectivity index (χ0v) is 13.2. The molecule has 1 heterocycles. The van der Waals surface area contributed by atoms with Gasteiger partial charge in [0.25, 0.3) is 0 Å². The second-order valence-electron chi connectivity index (χ2n) is 4.40. The molecular formula is C15H16N2O2S2. The zero-order chi connectivity index (χ0) is 15.3. The predicted molar refractivity (Wildman–Crippen MR) is 85.3 cm³/mol. The Balaban J connectivity index is 2.14. The summed E-state index contributed by atoms with van der Waals surface area (Å²) in [7, 11) is -1.89. The van der Waals surface area contributed by atoms with E-state index in [0.29, 0.717) is 18.0 Å². The predicted octanol–water partition coefficient (Wildman–Crippen LogP) is 1.88. The van der Waals surface area contributed by atoms with Gasteiger partial charge in [-0.3, -0.25) is 0 Å². The summed E-state index contributed by atoms with van der Waals surface area (Å²) in [6, 6.07) is 10.3. The number of nitrogens with zero attached hydrogens (tertiary/aromatic N) is 1. The van der Waals surface area contributed by atoms with E-state index in [1.807, 2.05) is 11.4 Å². The minimum Gasteiger partial charge on any atom is -0.320 e. The van der Waals surface area contributed by atoms with Crippen molar-refractivity contribution in [3.8, 4) is 11.8 Å². The maximum absolute atomic E-state index is 12.4. The third-order valence-electron chi connectivity index (χ3n) is 2.82. The van der Waals surface area contributed by atoms with E-state index in [4.69, 9.17) is 5.73 Å². The van der Waals surface area contributed by atoms with Crippen LogP contribution in [0.3, 0.4) is 0 Å². The van der Waals surface area contributed by atoms with Gasteiger partial charge in [0.2, 0.25) is 10.0 Å². The summed E-state index contributed by atoms with van der Waals surface area (Å²) in [6.45, 7) is 0.632. The van der Waals surface area contributed by atoms with Gasteiger partial charge < -0.3 is 5.73 Å². The quantitative estimate of drug-likeness (QED) is 0.875. The van der Waals surface area contributed by atoms with Crippen molar-refractivity contribution < 1.29 is 8.42 Å². The van der Waals surface area contributed by atoms with Gasteiger partial charge in [0.15, 0.2) is 0 Å². The molecule has 0 aliphatic rings. The molecule has 0 saturated carbocycles. The van der Waals surface area contributed by atoms with Gasteiger partial charge in [-0.2, -0.15) is 4.31 Å². The molecule has 0 aliphatic heterocycles. The lowest BCUT2D eigenvalue weighted by atomic mass is 10.3. The molecule has 0 aliphatic carbocycles. The SMILES string of the molecule is CN(Cc1csc(C#CCN)c1)S(=O)(=O)c1ccccc1. The molecule has 2 rings (SSSR count). The first-order chi connectivity index (χ1) is 10.0. The Morgan fingerprint density at radius 2 is 2.00 bits per heavy atom. The highest BCUT2D eigenvalue weighted by molar-refractivity contribution is 7.89. The fraction of sp³-hybridized carbons (Fsp3) is 0.200. The van der Waals surface area contributed by atoms with E-state index >= 15 is 0 Å². The summed E-state index contributed by atoms with van der Waals surface area (Å²) in [5.74, 6) is 5.73. The van der Waals surface area contributed by atoms with Crippen LogP contribution in [0.15, 0.2) is 46.7 Å². The van der Waals surface area contributed by atoms with Crippen molar-refractivity contribution in [2.45, 2.75) is 11.4 Å². The normalized spacial score (nSPS) is 11.2. The Kier molecular flexibility index (Phi) is 5.15. The number of benzene rings is 1. The minimum absolute atomic E-state index is 0.297. The Hall–Kier alpha value is -1.65. The highest BCUT2D eigenvalue weighted by atomic mass is 32.2. The molecule has 0 spiro atoms. The topological polar surface area (TPSA) is 63.4 Å². The van der Waals surface area contributed by atoms with Crippen LogP contribution in [0.2, 0.25) is 0 Å². The Morgan fingerprint density at radius 1 is 1.29 bits per heavy atom. The maximum atomic E-state index is 12.4. The van der Waals surface area contributed by atoms with Crippen LogP contribution in [-0.2, 0) is 16.6 Å². The first kappa shape index (κ1) is 15.7. The van der Waals surface area contributed by atoms with Gasteiger partial charge in [-0.15, -0.1) is 11.3 Å². The molecule has 0 fully saturated rings. The second-order valence-corrected chi connectivity index (χ2v) is 7.36. The van der Waals surface area contributed by atoms with E-state index in [1.54, 1.807) is 37.4 Å². The standard InChI is InChI=1S/C15H16N2O2S2/c1-17(21(18,19)15-7-3-2-4-8-15)11-13-10-14(20-12-13)6-5-9-16/h2-4,7-8,10,12H,9,11,16H2,1H3. The molecule has 0 bridgehead atoms. The van der Waals surface area contributed by atoms with Crippen molar-refractivity contribution in [1.82, 2.24) is 4.31 Å². The summed E-state index contributed by atoms with van der Waals surface area (Å²) >= 11 is 1.49. The van der Waals surface area contributed by atoms with Crippen molar-refractivity contribution >= 4 is 21.4 Å². The summed E-state index contributed by atoms with van der Waals surface area (Å²) in [5, 5.41) is 1.91. The van der Waals surface area contributed by atoms with Gasteiger partial charge in [-0.05, 0) is 29.1 Å². The van der Waals surface area contributed by atoms with Crippen LogP contribution in [0, 0.1) is 11.8 Å². The lowest BCUT2D eigenvalue weighted by Gasteiger charge is -2.16. The molecule has 2 aromatic rings. The van der Waals surface area contributed by atoms with Crippen LogP contribution in [0.1, 0.15) is 10.4 Å². The van der Waals surface area contributed by atoms with E-state index in [9.17, 15) is 8.42 Å². The summed E-state index contributed by atoms with van der Waals surface area (Å²) in [6.07, 6.45) is 0. The maximum Gasteiger partial charge on any atom is 0.243 e. The highest BCUT2D eigenvalue weighted by Gasteiger charge is 2.20. The summed E-state index contributed by atoms with van der Waals surface area (Å²) in [5.41, 5.74) is 6.25. The molecule has 21 heavy (non-hydrogen) atoms. The number of hydrogen-bond donors (Lipinski definition) is 1. The Bertz CT molecular complexity index is 756. The third-order valence-corrected chi connectivity index (χ3v) is 5.54. The molecule has 4 nitrogen and oxygen atoms in total. The van der Waals surface area contributed by atoms with Gasteiger partial charge in [0.1, 0.15) is 0 Å². The van der Waals surface area contributed by atoms with Crippen LogP contribution < -0.4 is 5.73 Å². The number of hydrogen-bond acceptors (Lipinski definition) is 4. The van der Waals surface area contributed by atoms with E-state index in [0.717, 1.165) is 10.4 Å². The molecule has 1 aromatic carbocycles. The van der Waals surface area contributed by atoms with E-state index < -0.39 is 10.0 Å². The average Bonchev–Trinajstić information content (AvgIpc) is 2.93. The monoisotopic (exact) mass is 320 g/mol. The van der Waals surface area contributed by atoms with Crippen molar-refractivity contribution in [2.24, 2.45) is 5.73 Å².